The minimum absolute atomic E-state index is 0.0171. The van der Waals surface area contributed by atoms with E-state index >= 15 is 0 Å². The van der Waals surface area contributed by atoms with Crippen molar-refractivity contribution in [1.82, 2.24) is 10.6 Å². The standard InChI is InChI=1S/C26H25N3O6S2/c1-25(2)16-26(28-24(36)27-25)15-22(17-8-4-3-5-9-17)34-21-14-18(12-13-19(21)26)35-37(32,33)23-11-7-6-10-20(23)29(30)31/h3-14,22H,15-16H2,1-2H3,(H2,27,28,36)/t22-,26+/m0/s1. The van der Waals surface area contributed by atoms with Crippen LogP contribution in [0.2, 0.25) is 0 Å². The average Bonchev–Trinajstić information content (AvgIpc) is 2.82. The van der Waals surface area contributed by atoms with Gasteiger partial charge >= 0.3 is 10.1 Å². The number of ether oxygens (including phenoxy) is 1. The van der Waals surface area contributed by atoms with Gasteiger partial charge in [-0.15, -0.1) is 0 Å². The molecule has 2 aliphatic heterocycles. The summed E-state index contributed by atoms with van der Waals surface area (Å²) in [4.78, 5) is 10.1. The van der Waals surface area contributed by atoms with Crippen LogP contribution in [0.15, 0.2) is 77.7 Å². The highest BCUT2D eigenvalue weighted by Crippen LogP contribution is 2.50. The van der Waals surface area contributed by atoms with Crippen molar-refractivity contribution in [2.24, 2.45) is 0 Å². The minimum Gasteiger partial charge on any atom is -0.485 e. The van der Waals surface area contributed by atoms with E-state index in [1.54, 1.807) is 6.07 Å². The summed E-state index contributed by atoms with van der Waals surface area (Å²) in [6, 6.07) is 19.6. The molecule has 0 bridgehead atoms. The Balaban J connectivity index is 1.57. The maximum atomic E-state index is 13.0. The fraction of sp³-hybridized carbons (Fsp3) is 0.269. The van der Waals surface area contributed by atoms with Crippen LogP contribution in [0.1, 0.15) is 43.9 Å². The van der Waals surface area contributed by atoms with Crippen LogP contribution in [0.5, 0.6) is 11.5 Å². The summed E-state index contributed by atoms with van der Waals surface area (Å²) in [5.41, 5.74) is 0.357. The largest absolute Gasteiger partial charge is 0.485 e. The van der Waals surface area contributed by atoms with Crippen LogP contribution in [-0.2, 0) is 15.7 Å². The molecule has 2 heterocycles. The summed E-state index contributed by atoms with van der Waals surface area (Å²) < 4.78 is 37.7. The van der Waals surface area contributed by atoms with E-state index in [2.05, 4.69) is 24.5 Å². The number of fused-ring (bicyclic) bond motifs is 2. The summed E-state index contributed by atoms with van der Waals surface area (Å²) in [6.45, 7) is 4.15. The number of hydrogen-bond donors (Lipinski definition) is 2. The molecule has 0 aromatic heterocycles. The number of benzene rings is 3. The minimum atomic E-state index is -4.49. The van der Waals surface area contributed by atoms with Gasteiger partial charge in [-0.3, -0.25) is 10.1 Å². The van der Waals surface area contributed by atoms with Gasteiger partial charge in [0.25, 0.3) is 5.69 Å². The number of nitrogens with zero attached hydrogens (tertiary/aromatic N) is 1. The molecule has 0 amide bonds. The molecular weight excluding hydrogens is 514 g/mol. The van der Waals surface area contributed by atoms with Crippen LogP contribution in [0.25, 0.3) is 0 Å². The third-order valence-electron chi connectivity index (χ3n) is 6.53. The molecule has 1 saturated heterocycles. The highest BCUT2D eigenvalue weighted by atomic mass is 32.2. The van der Waals surface area contributed by atoms with E-state index in [9.17, 15) is 18.5 Å². The Labute approximate surface area is 220 Å². The SMILES string of the molecule is CC1(C)C[C@@]2(C[C@@H](c3ccccc3)Oc3cc(OS(=O)(=O)c4ccccc4[N+](=O)[O-])ccc32)NC(=S)N1. The van der Waals surface area contributed by atoms with Crippen molar-refractivity contribution in [3.63, 3.8) is 0 Å². The number of nitro groups is 1. The number of rotatable bonds is 5. The van der Waals surface area contributed by atoms with E-state index in [4.69, 9.17) is 21.1 Å². The molecule has 0 aliphatic carbocycles. The highest BCUT2D eigenvalue weighted by Gasteiger charge is 2.49. The summed E-state index contributed by atoms with van der Waals surface area (Å²) >= 11 is 5.56. The topological polar surface area (TPSA) is 120 Å². The van der Waals surface area contributed by atoms with Gasteiger partial charge in [-0.05, 0) is 56.2 Å². The van der Waals surface area contributed by atoms with Crippen molar-refractivity contribution in [1.29, 1.82) is 0 Å². The first-order chi connectivity index (χ1) is 17.5. The molecule has 5 rings (SSSR count). The monoisotopic (exact) mass is 539 g/mol. The fourth-order valence-electron chi connectivity index (χ4n) is 5.20. The van der Waals surface area contributed by atoms with E-state index in [-0.39, 0.29) is 17.4 Å². The van der Waals surface area contributed by atoms with Crippen LogP contribution in [0, 0.1) is 10.1 Å². The predicted octanol–water partition coefficient (Wildman–Crippen LogP) is 4.73. The Morgan fingerprint density at radius 2 is 1.76 bits per heavy atom. The van der Waals surface area contributed by atoms with Gasteiger partial charge in [0.1, 0.15) is 17.6 Å². The molecule has 11 heteroatoms. The van der Waals surface area contributed by atoms with Gasteiger partial charge in [0.05, 0.1) is 10.5 Å². The lowest BCUT2D eigenvalue weighted by Gasteiger charge is -2.51. The van der Waals surface area contributed by atoms with Gasteiger partial charge in [-0.1, -0.05) is 42.5 Å². The summed E-state index contributed by atoms with van der Waals surface area (Å²) in [7, 11) is -4.49. The quantitative estimate of drug-likeness (QED) is 0.205. The van der Waals surface area contributed by atoms with Crippen molar-refractivity contribution in [3.8, 4) is 11.5 Å². The van der Waals surface area contributed by atoms with Crippen molar-refractivity contribution < 1.29 is 22.3 Å². The first kappa shape index (κ1) is 25.0. The Morgan fingerprint density at radius 1 is 1.05 bits per heavy atom. The third-order valence-corrected chi connectivity index (χ3v) is 8.03. The van der Waals surface area contributed by atoms with Crippen molar-refractivity contribution in [2.45, 2.75) is 48.8 Å². The lowest BCUT2D eigenvalue weighted by Crippen LogP contribution is -2.65. The molecule has 192 valence electrons. The lowest BCUT2D eigenvalue weighted by molar-refractivity contribution is -0.387. The highest BCUT2D eigenvalue weighted by molar-refractivity contribution is 7.87. The molecule has 3 aromatic rings. The van der Waals surface area contributed by atoms with Crippen molar-refractivity contribution >= 4 is 33.1 Å². The number of para-hydroxylation sites is 1. The molecule has 0 saturated carbocycles. The molecule has 3 aromatic carbocycles. The number of hydrogen-bond acceptors (Lipinski definition) is 7. The normalized spacial score (nSPS) is 22.2. The van der Waals surface area contributed by atoms with Gasteiger partial charge in [0.15, 0.2) is 10.0 Å². The zero-order valence-electron chi connectivity index (χ0n) is 20.1. The van der Waals surface area contributed by atoms with Gasteiger partial charge in [-0.25, -0.2) is 0 Å². The van der Waals surface area contributed by atoms with Crippen LogP contribution >= 0.6 is 12.2 Å². The molecule has 0 unspecified atom stereocenters. The van der Waals surface area contributed by atoms with Crippen LogP contribution in [-0.4, -0.2) is 24.0 Å². The first-order valence-corrected chi connectivity index (χ1v) is 13.4. The fourth-order valence-corrected chi connectivity index (χ4v) is 6.76. The van der Waals surface area contributed by atoms with E-state index in [1.807, 2.05) is 30.3 Å². The second-order valence-corrected chi connectivity index (χ2v) is 11.8. The molecule has 9 nitrogen and oxygen atoms in total. The molecule has 1 fully saturated rings. The Hall–Kier alpha value is -3.70. The lowest BCUT2D eigenvalue weighted by atomic mass is 9.72. The molecule has 0 radical (unpaired) electrons. The molecule has 37 heavy (non-hydrogen) atoms. The van der Waals surface area contributed by atoms with E-state index < -0.39 is 31.2 Å². The zero-order valence-corrected chi connectivity index (χ0v) is 21.8. The summed E-state index contributed by atoms with van der Waals surface area (Å²) in [5, 5.41) is 18.7. The van der Waals surface area contributed by atoms with E-state index in [1.165, 1.54) is 24.3 Å². The van der Waals surface area contributed by atoms with Crippen LogP contribution < -0.4 is 19.6 Å². The van der Waals surface area contributed by atoms with Crippen molar-refractivity contribution in [3.05, 3.63) is 94.0 Å². The number of nitro benzene ring substituents is 1. The maximum absolute atomic E-state index is 13.0. The van der Waals surface area contributed by atoms with Gasteiger partial charge in [-0.2, -0.15) is 8.42 Å². The molecular formula is C26H25N3O6S2. The zero-order chi connectivity index (χ0) is 26.4. The predicted molar refractivity (Wildman–Crippen MR) is 141 cm³/mol. The van der Waals surface area contributed by atoms with E-state index in [0.29, 0.717) is 23.7 Å². The average molecular weight is 540 g/mol. The Morgan fingerprint density at radius 3 is 2.46 bits per heavy atom. The summed E-state index contributed by atoms with van der Waals surface area (Å²) in [5.74, 6) is 0.430. The van der Waals surface area contributed by atoms with E-state index in [0.717, 1.165) is 23.3 Å². The summed E-state index contributed by atoms with van der Waals surface area (Å²) in [6.07, 6.45) is 0.957. The van der Waals surface area contributed by atoms with Gasteiger partial charge in [0.2, 0.25) is 0 Å². The second-order valence-electron chi connectivity index (χ2n) is 9.86. The van der Waals surface area contributed by atoms with Gasteiger partial charge in [0, 0.05) is 29.7 Å². The number of nitrogens with one attached hydrogen (secondary N) is 2. The molecule has 2 aliphatic rings. The smallest absolute Gasteiger partial charge is 0.346 e. The third kappa shape index (κ3) is 4.84. The first-order valence-electron chi connectivity index (χ1n) is 11.6. The number of thiocarbonyl (C=S) groups is 1. The maximum Gasteiger partial charge on any atom is 0.346 e. The van der Waals surface area contributed by atoms with Crippen LogP contribution in [0.4, 0.5) is 5.69 Å². The molecule has 1 spiro atoms. The van der Waals surface area contributed by atoms with Gasteiger partial charge < -0.3 is 19.6 Å². The Kier molecular flexibility index (Phi) is 6.07. The molecule has 2 atom stereocenters. The molecule has 2 N–H and O–H groups in total. The second kappa shape index (κ2) is 9.00. The van der Waals surface area contributed by atoms with Crippen LogP contribution in [0.3, 0.4) is 0 Å². The Bertz CT molecular complexity index is 1490. The van der Waals surface area contributed by atoms with Crippen molar-refractivity contribution in [2.75, 3.05) is 0 Å².